The third kappa shape index (κ3) is 1.96. The third-order valence-corrected chi connectivity index (χ3v) is 4.80. The van der Waals surface area contributed by atoms with Gasteiger partial charge < -0.3 is 19.5 Å². The zero-order chi connectivity index (χ0) is 14.8. The summed E-state index contributed by atoms with van der Waals surface area (Å²) < 4.78 is 12.0. The molecule has 1 aliphatic heterocycles. The van der Waals surface area contributed by atoms with Crippen LogP contribution in [0.15, 0.2) is 18.2 Å². The van der Waals surface area contributed by atoms with Crippen LogP contribution in [0.1, 0.15) is 46.1 Å². The van der Waals surface area contributed by atoms with Crippen molar-refractivity contribution in [3.8, 4) is 5.75 Å². The van der Waals surface area contributed by atoms with Gasteiger partial charge in [0, 0.05) is 5.46 Å². The fourth-order valence-electron chi connectivity index (χ4n) is 2.56. The van der Waals surface area contributed by atoms with Crippen molar-refractivity contribution in [1.29, 1.82) is 0 Å². The molecule has 3 rings (SSSR count). The third-order valence-electron chi connectivity index (χ3n) is 4.80. The van der Waals surface area contributed by atoms with Crippen LogP contribution >= 0.6 is 0 Å². The van der Waals surface area contributed by atoms with Gasteiger partial charge in [-0.3, -0.25) is 0 Å². The molecule has 0 atom stereocenters. The summed E-state index contributed by atoms with van der Waals surface area (Å²) in [6.07, 6.45) is 1.42. The molecule has 5 heteroatoms. The van der Waals surface area contributed by atoms with E-state index in [-0.39, 0.29) is 5.75 Å². The van der Waals surface area contributed by atoms with Crippen LogP contribution in [0.4, 0.5) is 0 Å². The zero-order valence-corrected chi connectivity index (χ0v) is 12.4. The summed E-state index contributed by atoms with van der Waals surface area (Å²) in [5.41, 5.74) is -0.494. The molecule has 108 valence electrons. The van der Waals surface area contributed by atoms with Gasteiger partial charge in [0.05, 0.1) is 16.8 Å². The predicted molar refractivity (Wildman–Crippen MR) is 77.0 cm³/mol. The number of rotatable bonds is 2. The highest BCUT2D eigenvalue weighted by atomic mass is 16.7. The van der Waals surface area contributed by atoms with E-state index < -0.39 is 23.9 Å². The molecule has 0 spiro atoms. The van der Waals surface area contributed by atoms with Gasteiger partial charge in [0.1, 0.15) is 5.75 Å². The van der Waals surface area contributed by atoms with Crippen LogP contribution in [0.2, 0.25) is 0 Å². The van der Waals surface area contributed by atoms with Gasteiger partial charge in [0.15, 0.2) is 0 Å². The fourth-order valence-corrected chi connectivity index (χ4v) is 2.56. The van der Waals surface area contributed by atoms with Gasteiger partial charge >= 0.3 is 7.12 Å². The second kappa shape index (κ2) is 4.00. The first-order chi connectivity index (χ1) is 9.16. The van der Waals surface area contributed by atoms with E-state index in [4.69, 9.17) is 9.31 Å². The minimum absolute atomic E-state index is 0.112. The Morgan fingerprint density at radius 2 is 1.60 bits per heavy atom. The van der Waals surface area contributed by atoms with E-state index in [2.05, 4.69) is 0 Å². The maximum absolute atomic E-state index is 10.4. The van der Waals surface area contributed by atoms with Crippen LogP contribution in [0.3, 0.4) is 0 Å². The molecule has 4 nitrogen and oxygen atoms in total. The first-order valence-corrected chi connectivity index (χ1v) is 7.07. The van der Waals surface area contributed by atoms with Gasteiger partial charge in [0.25, 0.3) is 0 Å². The van der Waals surface area contributed by atoms with E-state index in [1.165, 1.54) is 0 Å². The highest BCUT2D eigenvalue weighted by Gasteiger charge is 2.55. The van der Waals surface area contributed by atoms with Gasteiger partial charge in [-0.25, -0.2) is 0 Å². The molecule has 1 aromatic rings. The number of phenols is 1. The summed E-state index contributed by atoms with van der Waals surface area (Å²) in [5, 5.41) is 20.6. The van der Waals surface area contributed by atoms with Crippen LogP contribution in [0.5, 0.6) is 5.75 Å². The Morgan fingerprint density at radius 1 is 1.05 bits per heavy atom. The van der Waals surface area contributed by atoms with Crippen LogP contribution in [0, 0.1) is 0 Å². The van der Waals surface area contributed by atoms with Gasteiger partial charge in [-0.15, -0.1) is 0 Å². The number of phenolic OH excluding ortho intramolecular Hbond substituents is 1. The van der Waals surface area contributed by atoms with Crippen molar-refractivity contribution in [2.75, 3.05) is 0 Å². The van der Waals surface area contributed by atoms with Crippen molar-refractivity contribution < 1.29 is 19.5 Å². The molecule has 1 saturated heterocycles. The molecule has 2 fully saturated rings. The van der Waals surface area contributed by atoms with E-state index >= 15 is 0 Å². The molecule has 0 radical (unpaired) electrons. The summed E-state index contributed by atoms with van der Waals surface area (Å²) in [4.78, 5) is 0. The number of aliphatic hydroxyl groups is 1. The molecule has 1 aliphatic carbocycles. The van der Waals surface area contributed by atoms with E-state index in [0.717, 1.165) is 5.56 Å². The Balaban J connectivity index is 2.04. The lowest BCUT2D eigenvalue weighted by molar-refractivity contribution is 0.00578. The molecule has 20 heavy (non-hydrogen) atoms. The van der Waals surface area contributed by atoms with Crippen molar-refractivity contribution >= 4 is 12.6 Å². The van der Waals surface area contributed by atoms with E-state index in [9.17, 15) is 10.2 Å². The Labute approximate surface area is 119 Å². The van der Waals surface area contributed by atoms with E-state index in [1.54, 1.807) is 12.1 Å². The minimum Gasteiger partial charge on any atom is -0.508 e. The lowest BCUT2D eigenvalue weighted by Gasteiger charge is -2.32. The van der Waals surface area contributed by atoms with E-state index in [0.29, 0.717) is 18.3 Å². The Morgan fingerprint density at radius 3 is 2.10 bits per heavy atom. The van der Waals surface area contributed by atoms with Crippen LogP contribution in [-0.4, -0.2) is 28.5 Å². The first kappa shape index (κ1) is 13.9. The normalized spacial score (nSPS) is 25.8. The van der Waals surface area contributed by atoms with Gasteiger partial charge in [-0.1, -0.05) is 12.1 Å². The van der Waals surface area contributed by atoms with Crippen molar-refractivity contribution in [2.45, 2.75) is 57.3 Å². The van der Waals surface area contributed by atoms with E-state index in [1.807, 2.05) is 33.8 Å². The summed E-state index contributed by atoms with van der Waals surface area (Å²) in [6, 6.07) is 5.19. The molecule has 0 bridgehead atoms. The maximum atomic E-state index is 10.4. The molecule has 1 heterocycles. The molecule has 2 aliphatic rings. The zero-order valence-electron chi connectivity index (χ0n) is 12.4. The molecule has 0 amide bonds. The van der Waals surface area contributed by atoms with Gasteiger partial charge in [-0.05, 0) is 52.2 Å². The molecule has 0 aromatic heterocycles. The molecule has 0 unspecified atom stereocenters. The second-order valence-electron chi connectivity index (χ2n) is 6.86. The summed E-state index contributed by atoms with van der Waals surface area (Å²) >= 11 is 0. The van der Waals surface area contributed by atoms with Crippen molar-refractivity contribution in [2.24, 2.45) is 0 Å². The topological polar surface area (TPSA) is 58.9 Å². The smallest absolute Gasteiger partial charge is 0.499 e. The molecular formula is C15H21BO4. The predicted octanol–water partition coefficient (Wildman–Crippen LogP) is 1.67. The average Bonchev–Trinajstić information content (AvgIpc) is 3.01. The average molecular weight is 276 g/mol. The Bertz CT molecular complexity index is 533. The molecule has 1 aromatic carbocycles. The van der Waals surface area contributed by atoms with Crippen molar-refractivity contribution in [3.05, 3.63) is 23.8 Å². The van der Waals surface area contributed by atoms with Crippen LogP contribution in [0.25, 0.3) is 0 Å². The molecular weight excluding hydrogens is 255 g/mol. The SMILES string of the molecule is CC1(C)OB(c2c(O)cccc2C2(O)CC2)OC1(C)C. The standard InChI is InChI=1S/C15H21BO4/c1-13(2)14(3,4)20-16(19-13)12-10(15(18)8-9-15)6-5-7-11(12)17/h5-7,17-18H,8-9H2,1-4H3. The Hall–Kier alpha value is -1.04. The summed E-state index contributed by atoms with van der Waals surface area (Å²) in [6.45, 7) is 7.88. The minimum atomic E-state index is -0.836. The Kier molecular flexibility index (Phi) is 2.78. The number of benzene rings is 1. The number of hydrogen-bond acceptors (Lipinski definition) is 4. The lowest BCUT2D eigenvalue weighted by atomic mass is 9.73. The van der Waals surface area contributed by atoms with Gasteiger partial charge in [0.2, 0.25) is 0 Å². The highest BCUT2D eigenvalue weighted by molar-refractivity contribution is 6.63. The van der Waals surface area contributed by atoms with Gasteiger partial charge in [-0.2, -0.15) is 0 Å². The summed E-state index contributed by atoms with van der Waals surface area (Å²) in [7, 11) is -0.652. The number of hydrogen-bond donors (Lipinski definition) is 2. The fraction of sp³-hybridized carbons (Fsp3) is 0.600. The quantitative estimate of drug-likeness (QED) is 0.807. The highest BCUT2D eigenvalue weighted by Crippen LogP contribution is 2.46. The number of aromatic hydroxyl groups is 1. The summed E-state index contributed by atoms with van der Waals surface area (Å²) in [5.74, 6) is 0.112. The monoisotopic (exact) mass is 276 g/mol. The lowest BCUT2D eigenvalue weighted by Crippen LogP contribution is -2.41. The maximum Gasteiger partial charge on any atom is 0.499 e. The van der Waals surface area contributed by atoms with Crippen molar-refractivity contribution in [3.63, 3.8) is 0 Å². The largest absolute Gasteiger partial charge is 0.508 e. The van der Waals surface area contributed by atoms with Crippen molar-refractivity contribution in [1.82, 2.24) is 0 Å². The van der Waals surface area contributed by atoms with Crippen LogP contribution in [-0.2, 0) is 14.9 Å². The molecule has 2 N–H and O–H groups in total. The second-order valence-corrected chi connectivity index (χ2v) is 6.86. The first-order valence-electron chi connectivity index (χ1n) is 7.07. The molecule has 1 saturated carbocycles. The van der Waals surface area contributed by atoms with Crippen LogP contribution < -0.4 is 5.46 Å².